The third-order valence-corrected chi connectivity index (χ3v) is 4.63. The summed E-state index contributed by atoms with van der Waals surface area (Å²) in [6.45, 7) is 4.36. The van der Waals surface area contributed by atoms with Crippen LogP contribution in [0.2, 0.25) is 0 Å². The molecule has 0 N–H and O–H groups in total. The predicted molar refractivity (Wildman–Crippen MR) is 98.1 cm³/mol. The van der Waals surface area contributed by atoms with Crippen LogP contribution in [-0.2, 0) is 42.9 Å². The maximum atomic E-state index is 11.8. The first-order valence-electron chi connectivity index (χ1n) is 8.78. The summed E-state index contributed by atoms with van der Waals surface area (Å²) < 4.78 is 30.7. The number of hydrogen-bond acceptors (Lipinski definition) is 14. The molecule has 2 rings (SSSR count). The van der Waals surface area contributed by atoms with Gasteiger partial charge in [-0.15, -0.1) is 0 Å². The van der Waals surface area contributed by atoms with E-state index in [1.54, 1.807) is 7.05 Å². The van der Waals surface area contributed by atoms with Crippen LogP contribution in [0, 0.1) is 0 Å². The Balaban J connectivity index is 2.47. The van der Waals surface area contributed by atoms with E-state index in [0.717, 1.165) is 25.4 Å². The lowest BCUT2D eigenvalue weighted by Crippen LogP contribution is -2.65. The van der Waals surface area contributed by atoms with E-state index in [1.807, 2.05) is 0 Å². The molecule has 2 heterocycles. The summed E-state index contributed by atoms with van der Waals surface area (Å²) in [5.41, 5.74) is 0. The van der Waals surface area contributed by atoms with Crippen molar-refractivity contribution < 1.29 is 42.9 Å². The molecule has 0 unspecified atom stereocenters. The Labute approximate surface area is 175 Å². The predicted octanol–water partition coefficient (Wildman–Crippen LogP) is -0.548. The van der Waals surface area contributed by atoms with Gasteiger partial charge in [0.15, 0.2) is 24.5 Å². The molecular formula is C16H22N4O9S. The number of carbonyl (C=O) groups excluding carboxylic acids is 4. The molecule has 14 heteroatoms. The zero-order chi connectivity index (χ0) is 22.4. The van der Waals surface area contributed by atoms with Gasteiger partial charge in [0.1, 0.15) is 12.7 Å². The minimum atomic E-state index is -1.25. The number of carbonyl (C=O) groups is 4. The number of rotatable bonds is 7. The summed E-state index contributed by atoms with van der Waals surface area (Å²) >= 11 is 0.946. The Hall–Kier alpha value is -2.87. The molecule has 0 radical (unpaired) electrons. The van der Waals surface area contributed by atoms with Crippen molar-refractivity contribution in [1.29, 1.82) is 0 Å². The van der Waals surface area contributed by atoms with E-state index in [9.17, 15) is 19.2 Å². The molecule has 0 saturated carbocycles. The van der Waals surface area contributed by atoms with Gasteiger partial charge in [0.05, 0.1) is 0 Å². The standard InChI is InChI=1S/C16H22N4O9S/c1-7(21)25-6-11-12(26-8(2)22)13(27-9(3)23)14(28-10(4)24)15(29-11)20(5)16-17-18-19-30-16/h11-15H,6H2,1-5H3/t11-,12-,13+,14-,15-/m1/s1. The maximum absolute atomic E-state index is 11.8. The SMILES string of the molecule is CC(=O)OC[C@H]1O[C@@H](N(C)c2nnns2)[C@H](OC(C)=O)[C@@H](OC(C)=O)[C@@H]1OC(C)=O. The second-order valence-electron chi connectivity index (χ2n) is 6.35. The molecule has 0 bridgehead atoms. The van der Waals surface area contributed by atoms with Crippen molar-refractivity contribution in [3.05, 3.63) is 0 Å². The summed E-state index contributed by atoms with van der Waals surface area (Å²) in [5.74, 6) is -2.68. The summed E-state index contributed by atoms with van der Waals surface area (Å²) in [7, 11) is 1.57. The first-order valence-corrected chi connectivity index (χ1v) is 9.55. The van der Waals surface area contributed by atoms with E-state index in [4.69, 9.17) is 23.7 Å². The largest absolute Gasteiger partial charge is 0.463 e. The Kier molecular flexibility index (Phi) is 8.00. The lowest BCUT2D eigenvalue weighted by Gasteiger charge is -2.46. The monoisotopic (exact) mass is 446 g/mol. The van der Waals surface area contributed by atoms with Gasteiger partial charge in [-0.1, -0.05) is 9.59 Å². The van der Waals surface area contributed by atoms with E-state index >= 15 is 0 Å². The third kappa shape index (κ3) is 6.06. The fraction of sp³-hybridized carbons (Fsp3) is 0.688. The second-order valence-corrected chi connectivity index (χ2v) is 7.06. The number of ether oxygens (including phenoxy) is 5. The molecule has 166 valence electrons. The van der Waals surface area contributed by atoms with Gasteiger partial charge in [-0.2, -0.15) is 0 Å². The quantitative estimate of drug-likeness (QED) is 0.388. The Morgan fingerprint density at radius 3 is 2.00 bits per heavy atom. The lowest BCUT2D eigenvalue weighted by molar-refractivity contribution is -0.251. The van der Waals surface area contributed by atoms with Crippen LogP contribution >= 0.6 is 11.5 Å². The fourth-order valence-corrected chi connectivity index (χ4v) is 3.34. The molecule has 0 aromatic carbocycles. The molecule has 1 aromatic rings. The molecule has 1 aliphatic heterocycles. The first kappa shape index (κ1) is 23.4. The summed E-state index contributed by atoms with van der Waals surface area (Å²) in [5, 5.41) is 7.67. The molecule has 13 nitrogen and oxygen atoms in total. The summed E-state index contributed by atoms with van der Waals surface area (Å²) in [4.78, 5) is 48.0. The van der Waals surface area contributed by atoms with Crippen LogP contribution in [0.4, 0.5) is 5.13 Å². The molecule has 1 saturated heterocycles. The number of hydrogen-bond donors (Lipinski definition) is 0. The number of anilines is 1. The van der Waals surface area contributed by atoms with E-state index in [1.165, 1.54) is 18.7 Å². The van der Waals surface area contributed by atoms with Gasteiger partial charge in [-0.3, -0.25) is 19.2 Å². The smallest absolute Gasteiger partial charge is 0.303 e. The molecule has 0 amide bonds. The Morgan fingerprint density at radius 2 is 1.50 bits per heavy atom. The van der Waals surface area contributed by atoms with Crippen LogP contribution < -0.4 is 4.90 Å². The average molecular weight is 446 g/mol. The topological polar surface area (TPSA) is 156 Å². The van der Waals surface area contributed by atoms with Crippen LogP contribution in [0.25, 0.3) is 0 Å². The van der Waals surface area contributed by atoms with Crippen molar-refractivity contribution in [1.82, 2.24) is 14.8 Å². The van der Waals surface area contributed by atoms with Crippen LogP contribution in [-0.4, -0.2) is 83.0 Å². The molecule has 5 atom stereocenters. The van der Waals surface area contributed by atoms with E-state index in [-0.39, 0.29) is 6.61 Å². The van der Waals surface area contributed by atoms with Gasteiger partial charge < -0.3 is 28.6 Å². The molecule has 1 fully saturated rings. The van der Waals surface area contributed by atoms with Crippen molar-refractivity contribution in [2.24, 2.45) is 0 Å². The van der Waals surface area contributed by atoms with E-state index in [0.29, 0.717) is 5.13 Å². The zero-order valence-electron chi connectivity index (χ0n) is 17.0. The molecule has 30 heavy (non-hydrogen) atoms. The van der Waals surface area contributed by atoms with Gasteiger partial charge in [0.25, 0.3) is 0 Å². The Bertz CT molecular complexity index is 775. The highest BCUT2D eigenvalue weighted by Crippen LogP contribution is 2.32. The van der Waals surface area contributed by atoms with E-state index < -0.39 is 54.5 Å². The third-order valence-electron chi connectivity index (χ3n) is 3.94. The van der Waals surface area contributed by atoms with Gasteiger partial charge in [-0.05, 0) is 5.21 Å². The molecule has 1 aliphatic rings. The Morgan fingerprint density at radius 1 is 0.933 bits per heavy atom. The first-order chi connectivity index (χ1) is 14.1. The maximum Gasteiger partial charge on any atom is 0.303 e. The highest BCUT2D eigenvalue weighted by atomic mass is 32.1. The van der Waals surface area contributed by atoms with Crippen LogP contribution in [0.3, 0.4) is 0 Å². The summed E-state index contributed by atoms with van der Waals surface area (Å²) in [6, 6.07) is 0. The molecule has 1 aromatic heterocycles. The molecule has 0 spiro atoms. The van der Waals surface area contributed by atoms with Crippen LogP contribution in [0.5, 0.6) is 0 Å². The van der Waals surface area contributed by atoms with E-state index in [2.05, 4.69) is 14.8 Å². The second kappa shape index (κ2) is 10.2. The average Bonchev–Trinajstić information content (AvgIpc) is 3.16. The van der Waals surface area contributed by atoms with Crippen molar-refractivity contribution in [3.8, 4) is 0 Å². The highest BCUT2D eigenvalue weighted by Gasteiger charge is 2.53. The fourth-order valence-electron chi connectivity index (χ4n) is 2.89. The minimum absolute atomic E-state index is 0.309. The van der Waals surface area contributed by atoms with Crippen molar-refractivity contribution in [3.63, 3.8) is 0 Å². The normalized spacial score (nSPS) is 25.7. The van der Waals surface area contributed by atoms with Gasteiger partial charge in [0.2, 0.25) is 5.13 Å². The summed E-state index contributed by atoms with van der Waals surface area (Å²) in [6.07, 6.45) is -5.77. The number of likely N-dealkylation sites (N-methyl/N-ethyl adjacent to an activating group) is 1. The van der Waals surface area contributed by atoms with Gasteiger partial charge >= 0.3 is 23.9 Å². The number of aromatic nitrogens is 3. The van der Waals surface area contributed by atoms with Crippen molar-refractivity contribution >= 4 is 40.5 Å². The lowest BCUT2D eigenvalue weighted by atomic mass is 9.96. The van der Waals surface area contributed by atoms with Crippen molar-refractivity contribution in [2.75, 3.05) is 18.6 Å². The highest BCUT2D eigenvalue weighted by molar-refractivity contribution is 7.09. The van der Waals surface area contributed by atoms with Gasteiger partial charge in [-0.25, -0.2) is 0 Å². The van der Waals surface area contributed by atoms with Gasteiger partial charge in [0, 0.05) is 46.3 Å². The number of esters is 4. The van der Waals surface area contributed by atoms with Crippen molar-refractivity contribution in [2.45, 2.75) is 58.3 Å². The molecular weight excluding hydrogens is 424 g/mol. The molecule has 0 aliphatic carbocycles. The van der Waals surface area contributed by atoms with Crippen LogP contribution in [0.1, 0.15) is 27.7 Å². The van der Waals surface area contributed by atoms with Crippen LogP contribution in [0.15, 0.2) is 0 Å². The number of nitrogens with zero attached hydrogens (tertiary/aromatic N) is 4. The zero-order valence-corrected chi connectivity index (χ0v) is 17.8. The minimum Gasteiger partial charge on any atom is -0.463 e.